The highest BCUT2D eigenvalue weighted by Crippen LogP contribution is 2.30. The maximum absolute atomic E-state index is 13.0. The van der Waals surface area contributed by atoms with Crippen molar-refractivity contribution >= 4 is 23.4 Å². The number of fused-ring (bicyclic) bond motifs is 1. The molecule has 0 saturated carbocycles. The molecule has 27 heavy (non-hydrogen) atoms. The SMILES string of the molecule is Cc1nc2n(n1)CCN(C(=O)C1CC(=O)N([C@@H](C)c3ccc(Cl)cc3)C1)C2. The molecule has 2 aliphatic heterocycles. The Bertz CT molecular complexity index is 879. The smallest absolute Gasteiger partial charge is 0.228 e. The van der Waals surface area contributed by atoms with Gasteiger partial charge in [0.2, 0.25) is 11.8 Å². The molecular weight excluding hydrogens is 366 g/mol. The molecule has 8 heteroatoms. The zero-order chi connectivity index (χ0) is 19.1. The van der Waals surface area contributed by atoms with Crippen LogP contribution in [-0.2, 0) is 22.7 Å². The van der Waals surface area contributed by atoms with Gasteiger partial charge in [-0.3, -0.25) is 9.59 Å². The first-order valence-electron chi connectivity index (χ1n) is 9.16. The van der Waals surface area contributed by atoms with Gasteiger partial charge in [-0.05, 0) is 31.5 Å². The van der Waals surface area contributed by atoms with Crippen molar-refractivity contribution < 1.29 is 9.59 Å². The van der Waals surface area contributed by atoms with E-state index in [9.17, 15) is 9.59 Å². The van der Waals surface area contributed by atoms with E-state index in [1.165, 1.54) is 0 Å². The van der Waals surface area contributed by atoms with Gasteiger partial charge >= 0.3 is 0 Å². The van der Waals surface area contributed by atoms with E-state index in [1.807, 2.05) is 42.8 Å². The number of hydrogen-bond donors (Lipinski definition) is 0. The summed E-state index contributed by atoms with van der Waals surface area (Å²) in [6.07, 6.45) is 0.263. The molecule has 2 amide bonds. The van der Waals surface area contributed by atoms with E-state index in [4.69, 9.17) is 11.6 Å². The number of aryl methyl sites for hydroxylation is 1. The number of carbonyl (C=O) groups is 2. The molecule has 1 saturated heterocycles. The largest absolute Gasteiger partial charge is 0.335 e. The minimum Gasteiger partial charge on any atom is -0.335 e. The lowest BCUT2D eigenvalue weighted by Crippen LogP contribution is -2.42. The zero-order valence-corrected chi connectivity index (χ0v) is 16.2. The van der Waals surface area contributed by atoms with Gasteiger partial charge in [-0.25, -0.2) is 9.67 Å². The van der Waals surface area contributed by atoms with Crippen molar-refractivity contribution in [1.82, 2.24) is 24.6 Å². The lowest BCUT2D eigenvalue weighted by atomic mass is 10.1. The molecule has 7 nitrogen and oxygen atoms in total. The molecule has 0 N–H and O–H groups in total. The van der Waals surface area contributed by atoms with Gasteiger partial charge in [0.1, 0.15) is 11.6 Å². The molecule has 1 aromatic carbocycles. The van der Waals surface area contributed by atoms with Gasteiger partial charge in [0.25, 0.3) is 0 Å². The van der Waals surface area contributed by atoms with Crippen LogP contribution in [0, 0.1) is 12.8 Å². The maximum atomic E-state index is 13.0. The first-order valence-corrected chi connectivity index (χ1v) is 9.54. The molecule has 4 rings (SSSR count). The van der Waals surface area contributed by atoms with Crippen molar-refractivity contribution in [2.45, 2.75) is 39.4 Å². The standard InChI is InChI=1S/C19H22ClN5O2/c1-12(14-3-5-16(20)6-4-14)24-10-15(9-18(24)26)19(27)23-7-8-25-17(11-23)21-13(2)22-25/h3-6,12,15H,7-11H2,1-2H3/t12-,15?/m0/s1. The van der Waals surface area contributed by atoms with Crippen LogP contribution < -0.4 is 0 Å². The predicted molar refractivity (Wildman–Crippen MR) is 99.9 cm³/mol. The second-order valence-electron chi connectivity index (χ2n) is 7.23. The Kier molecular flexibility index (Phi) is 4.63. The van der Waals surface area contributed by atoms with Crippen LogP contribution >= 0.6 is 11.6 Å². The normalized spacial score (nSPS) is 20.7. The molecule has 1 fully saturated rings. The van der Waals surface area contributed by atoms with Crippen LogP contribution in [0.1, 0.15) is 36.6 Å². The summed E-state index contributed by atoms with van der Waals surface area (Å²) in [7, 11) is 0. The molecule has 0 bridgehead atoms. The molecule has 0 spiro atoms. The van der Waals surface area contributed by atoms with Crippen molar-refractivity contribution in [2.75, 3.05) is 13.1 Å². The van der Waals surface area contributed by atoms with Gasteiger partial charge in [0, 0.05) is 24.5 Å². The summed E-state index contributed by atoms with van der Waals surface area (Å²) in [4.78, 5) is 33.5. The lowest BCUT2D eigenvalue weighted by molar-refractivity contribution is -0.137. The molecule has 3 heterocycles. The third-order valence-electron chi connectivity index (χ3n) is 5.41. The molecule has 0 aliphatic carbocycles. The zero-order valence-electron chi connectivity index (χ0n) is 15.4. The Labute approximate surface area is 162 Å². The number of nitrogens with zero attached hydrogens (tertiary/aromatic N) is 5. The van der Waals surface area contributed by atoms with Gasteiger partial charge in [-0.1, -0.05) is 23.7 Å². The van der Waals surface area contributed by atoms with Crippen LogP contribution in [0.3, 0.4) is 0 Å². The number of halogens is 1. The van der Waals surface area contributed by atoms with E-state index in [0.717, 1.165) is 17.2 Å². The van der Waals surface area contributed by atoms with Gasteiger partial charge in [-0.2, -0.15) is 5.10 Å². The van der Waals surface area contributed by atoms with Crippen molar-refractivity contribution in [3.05, 3.63) is 46.5 Å². The fraction of sp³-hybridized carbons (Fsp3) is 0.474. The van der Waals surface area contributed by atoms with Crippen molar-refractivity contribution in [3.63, 3.8) is 0 Å². The second-order valence-corrected chi connectivity index (χ2v) is 7.67. The monoisotopic (exact) mass is 387 g/mol. The number of aromatic nitrogens is 3. The van der Waals surface area contributed by atoms with Crippen LogP contribution in [0.4, 0.5) is 0 Å². The molecule has 2 atom stereocenters. The quantitative estimate of drug-likeness (QED) is 0.809. The Morgan fingerprint density at radius 1 is 1.26 bits per heavy atom. The topological polar surface area (TPSA) is 71.3 Å². The Balaban J connectivity index is 1.44. The molecule has 2 aliphatic rings. The summed E-state index contributed by atoms with van der Waals surface area (Å²) in [5, 5.41) is 4.99. The molecule has 142 valence electrons. The first-order chi connectivity index (χ1) is 12.9. The van der Waals surface area contributed by atoms with E-state index in [-0.39, 0.29) is 30.2 Å². The van der Waals surface area contributed by atoms with Gasteiger partial charge in [0.15, 0.2) is 0 Å². The van der Waals surface area contributed by atoms with Crippen LogP contribution in [0.15, 0.2) is 24.3 Å². The summed E-state index contributed by atoms with van der Waals surface area (Å²) < 4.78 is 1.85. The van der Waals surface area contributed by atoms with Gasteiger partial charge in [0.05, 0.1) is 25.0 Å². The Morgan fingerprint density at radius 3 is 2.74 bits per heavy atom. The average molecular weight is 388 g/mol. The Hall–Kier alpha value is -2.41. The minimum absolute atomic E-state index is 0.0202. The first kappa shape index (κ1) is 18.0. The van der Waals surface area contributed by atoms with Crippen molar-refractivity contribution in [2.24, 2.45) is 5.92 Å². The highest BCUT2D eigenvalue weighted by Gasteiger charge is 2.39. The number of likely N-dealkylation sites (tertiary alicyclic amines) is 1. The number of amides is 2. The maximum Gasteiger partial charge on any atom is 0.228 e. The second kappa shape index (κ2) is 6.96. The highest BCUT2D eigenvalue weighted by molar-refractivity contribution is 6.30. The van der Waals surface area contributed by atoms with E-state index < -0.39 is 0 Å². The summed E-state index contributed by atoms with van der Waals surface area (Å²) in [6.45, 7) is 5.99. The molecule has 1 aromatic heterocycles. The van der Waals surface area contributed by atoms with E-state index in [1.54, 1.807) is 9.80 Å². The van der Waals surface area contributed by atoms with Crippen molar-refractivity contribution in [3.8, 4) is 0 Å². The Morgan fingerprint density at radius 2 is 2.00 bits per heavy atom. The summed E-state index contributed by atoms with van der Waals surface area (Å²) >= 11 is 5.95. The minimum atomic E-state index is -0.303. The summed E-state index contributed by atoms with van der Waals surface area (Å²) in [6, 6.07) is 7.41. The van der Waals surface area contributed by atoms with Gasteiger partial charge in [-0.15, -0.1) is 0 Å². The lowest BCUT2D eigenvalue weighted by Gasteiger charge is -2.29. The van der Waals surface area contributed by atoms with E-state index >= 15 is 0 Å². The molecule has 0 radical (unpaired) electrons. The molecular formula is C19H22ClN5O2. The number of rotatable bonds is 3. The van der Waals surface area contributed by atoms with Crippen LogP contribution in [0.5, 0.6) is 0 Å². The summed E-state index contributed by atoms with van der Waals surface area (Å²) in [5.74, 6) is 1.27. The van der Waals surface area contributed by atoms with Crippen molar-refractivity contribution in [1.29, 1.82) is 0 Å². The average Bonchev–Trinajstić information content (AvgIpc) is 3.22. The summed E-state index contributed by atoms with van der Waals surface area (Å²) in [5.41, 5.74) is 1.02. The molecule has 2 aromatic rings. The third-order valence-corrected chi connectivity index (χ3v) is 5.66. The van der Waals surface area contributed by atoms with Crippen LogP contribution in [0.2, 0.25) is 5.02 Å². The highest BCUT2D eigenvalue weighted by atomic mass is 35.5. The third kappa shape index (κ3) is 3.43. The fourth-order valence-electron chi connectivity index (χ4n) is 3.90. The fourth-order valence-corrected chi connectivity index (χ4v) is 4.03. The van der Waals surface area contributed by atoms with E-state index in [2.05, 4.69) is 10.1 Å². The van der Waals surface area contributed by atoms with Crippen LogP contribution in [-0.4, -0.2) is 49.5 Å². The number of hydrogen-bond acceptors (Lipinski definition) is 4. The van der Waals surface area contributed by atoms with Crippen LogP contribution in [0.25, 0.3) is 0 Å². The number of benzene rings is 1. The molecule has 1 unspecified atom stereocenters. The predicted octanol–water partition coefficient (Wildman–Crippen LogP) is 2.19. The number of carbonyl (C=O) groups excluding carboxylic acids is 2. The van der Waals surface area contributed by atoms with E-state index in [0.29, 0.717) is 31.2 Å². The van der Waals surface area contributed by atoms with Gasteiger partial charge < -0.3 is 9.80 Å².